The standard InChI is InChI=1S/C6H13NO.CH4/c1-5(6(2)8)7(3)4;/h5H,1-4H3;1H4. The van der Waals surface area contributed by atoms with Crippen molar-refractivity contribution in [3.63, 3.8) is 0 Å². The zero-order chi connectivity index (χ0) is 6.73. The molecule has 0 saturated heterocycles. The molecule has 0 bridgehead atoms. The molecule has 2 nitrogen and oxygen atoms in total. The molecule has 0 heterocycles. The zero-order valence-electron chi connectivity index (χ0n) is 5.93. The number of likely N-dealkylation sites (N-methyl/N-ethyl adjacent to an activating group) is 1. The highest BCUT2D eigenvalue weighted by Gasteiger charge is 2.07. The number of carbonyl (C=O) groups excluding carboxylic acids is 1. The van der Waals surface area contributed by atoms with E-state index in [1.807, 2.05) is 25.9 Å². The molecule has 0 spiro atoms. The third kappa shape index (κ3) is 4.15. The van der Waals surface area contributed by atoms with E-state index < -0.39 is 0 Å². The van der Waals surface area contributed by atoms with Crippen LogP contribution in [0, 0.1) is 0 Å². The molecule has 0 aromatic heterocycles. The van der Waals surface area contributed by atoms with Gasteiger partial charge in [0.15, 0.2) is 0 Å². The lowest BCUT2D eigenvalue weighted by molar-refractivity contribution is -0.120. The van der Waals surface area contributed by atoms with Crippen molar-refractivity contribution in [3.05, 3.63) is 0 Å². The summed E-state index contributed by atoms with van der Waals surface area (Å²) in [6.07, 6.45) is 0. The van der Waals surface area contributed by atoms with E-state index >= 15 is 0 Å². The average Bonchev–Trinajstić information content (AvgIpc) is 1.64. The third-order valence-corrected chi connectivity index (χ3v) is 1.36. The number of ketones is 1. The van der Waals surface area contributed by atoms with E-state index in [2.05, 4.69) is 0 Å². The summed E-state index contributed by atoms with van der Waals surface area (Å²) in [5.41, 5.74) is 0. The summed E-state index contributed by atoms with van der Waals surface area (Å²) in [7, 11) is 3.79. The normalized spacial score (nSPS) is 12.6. The maximum atomic E-state index is 10.5. The average molecular weight is 131 g/mol. The fourth-order valence-electron chi connectivity index (χ4n) is 0.364. The van der Waals surface area contributed by atoms with Crippen LogP contribution in [0.25, 0.3) is 0 Å². The maximum absolute atomic E-state index is 10.5. The highest BCUT2D eigenvalue weighted by molar-refractivity contribution is 5.80. The van der Waals surface area contributed by atoms with Crippen molar-refractivity contribution in [1.29, 1.82) is 0 Å². The van der Waals surface area contributed by atoms with Gasteiger partial charge in [0.25, 0.3) is 0 Å². The summed E-state index contributed by atoms with van der Waals surface area (Å²) < 4.78 is 0. The van der Waals surface area contributed by atoms with Crippen LogP contribution < -0.4 is 0 Å². The van der Waals surface area contributed by atoms with Gasteiger partial charge in [-0.15, -0.1) is 0 Å². The second kappa shape index (κ2) is 4.50. The molecule has 0 fully saturated rings. The van der Waals surface area contributed by atoms with Crippen molar-refractivity contribution in [2.24, 2.45) is 0 Å². The van der Waals surface area contributed by atoms with Crippen molar-refractivity contribution >= 4 is 5.78 Å². The van der Waals surface area contributed by atoms with Crippen LogP contribution in [0.2, 0.25) is 0 Å². The summed E-state index contributed by atoms with van der Waals surface area (Å²) in [6.45, 7) is 3.49. The van der Waals surface area contributed by atoms with Crippen LogP contribution >= 0.6 is 0 Å². The van der Waals surface area contributed by atoms with Crippen molar-refractivity contribution in [3.8, 4) is 0 Å². The molecule has 1 atom stereocenters. The summed E-state index contributed by atoms with van der Waals surface area (Å²) in [5, 5.41) is 0. The Morgan fingerprint density at radius 1 is 1.44 bits per heavy atom. The quantitative estimate of drug-likeness (QED) is 0.560. The van der Waals surface area contributed by atoms with Crippen molar-refractivity contribution in [1.82, 2.24) is 4.90 Å². The molecule has 0 aliphatic carbocycles. The topological polar surface area (TPSA) is 20.3 Å². The lowest BCUT2D eigenvalue weighted by Crippen LogP contribution is -2.30. The van der Waals surface area contributed by atoms with Gasteiger partial charge in [-0.05, 0) is 27.9 Å². The summed E-state index contributed by atoms with van der Waals surface area (Å²) >= 11 is 0. The van der Waals surface area contributed by atoms with E-state index in [-0.39, 0.29) is 19.3 Å². The number of nitrogens with zero attached hydrogens (tertiary/aromatic N) is 1. The number of carbonyl (C=O) groups is 1. The van der Waals surface area contributed by atoms with E-state index in [0.717, 1.165) is 0 Å². The number of Topliss-reactive ketones (excluding diaryl/α,β-unsaturated/α-hetero) is 1. The van der Waals surface area contributed by atoms with E-state index in [4.69, 9.17) is 0 Å². The van der Waals surface area contributed by atoms with Crippen LogP contribution in [0.3, 0.4) is 0 Å². The predicted octanol–water partition coefficient (Wildman–Crippen LogP) is 1.16. The zero-order valence-corrected chi connectivity index (χ0v) is 5.93. The summed E-state index contributed by atoms with van der Waals surface area (Å²) in [6, 6.07) is 0.0648. The molecule has 2 heteroatoms. The molecule has 0 N–H and O–H groups in total. The summed E-state index contributed by atoms with van der Waals surface area (Å²) in [5.74, 6) is 0.218. The second-order valence-corrected chi connectivity index (χ2v) is 2.25. The smallest absolute Gasteiger partial charge is 0.146 e. The van der Waals surface area contributed by atoms with Gasteiger partial charge in [0.05, 0.1) is 6.04 Å². The number of hydrogen-bond donors (Lipinski definition) is 0. The fourth-order valence-corrected chi connectivity index (χ4v) is 0.364. The van der Waals surface area contributed by atoms with Crippen molar-refractivity contribution in [2.45, 2.75) is 27.3 Å². The molecule has 56 valence electrons. The number of rotatable bonds is 2. The highest BCUT2D eigenvalue weighted by Crippen LogP contribution is 1.90. The Kier molecular flexibility index (Phi) is 5.72. The van der Waals surface area contributed by atoms with Crippen LogP contribution in [0.1, 0.15) is 21.3 Å². The van der Waals surface area contributed by atoms with Gasteiger partial charge in [0, 0.05) is 0 Å². The highest BCUT2D eigenvalue weighted by atomic mass is 16.1. The molecule has 0 rings (SSSR count). The largest absolute Gasteiger partial charge is 0.300 e. The first-order valence-corrected chi connectivity index (χ1v) is 2.72. The van der Waals surface area contributed by atoms with Gasteiger partial charge in [0.2, 0.25) is 0 Å². The first-order valence-electron chi connectivity index (χ1n) is 2.72. The van der Waals surface area contributed by atoms with Crippen LogP contribution in [-0.4, -0.2) is 30.8 Å². The Morgan fingerprint density at radius 3 is 1.78 bits per heavy atom. The predicted molar refractivity (Wildman–Crippen MR) is 40.6 cm³/mol. The lowest BCUT2D eigenvalue weighted by Gasteiger charge is -2.15. The van der Waals surface area contributed by atoms with Gasteiger partial charge in [-0.3, -0.25) is 9.69 Å². The first kappa shape index (κ1) is 11.4. The third-order valence-electron chi connectivity index (χ3n) is 1.36. The van der Waals surface area contributed by atoms with Gasteiger partial charge in [-0.1, -0.05) is 7.43 Å². The lowest BCUT2D eigenvalue weighted by atomic mass is 10.2. The molecule has 0 aromatic carbocycles. The van der Waals surface area contributed by atoms with Gasteiger partial charge < -0.3 is 0 Å². The Labute approximate surface area is 57.9 Å². The van der Waals surface area contributed by atoms with E-state index in [9.17, 15) is 4.79 Å². The van der Waals surface area contributed by atoms with Gasteiger partial charge in [0.1, 0.15) is 5.78 Å². The van der Waals surface area contributed by atoms with Crippen LogP contribution in [0.15, 0.2) is 0 Å². The van der Waals surface area contributed by atoms with Crippen LogP contribution in [-0.2, 0) is 4.79 Å². The molecule has 0 aliphatic heterocycles. The van der Waals surface area contributed by atoms with Gasteiger partial charge in [-0.25, -0.2) is 0 Å². The van der Waals surface area contributed by atoms with Gasteiger partial charge >= 0.3 is 0 Å². The van der Waals surface area contributed by atoms with Crippen molar-refractivity contribution < 1.29 is 4.79 Å². The molecule has 9 heavy (non-hydrogen) atoms. The molecule has 1 unspecified atom stereocenters. The van der Waals surface area contributed by atoms with Crippen molar-refractivity contribution in [2.75, 3.05) is 14.1 Å². The minimum Gasteiger partial charge on any atom is -0.300 e. The molecule has 0 saturated carbocycles. The van der Waals surface area contributed by atoms with Crippen LogP contribution in [0.4, 0.5) is 0 Å². The SMILES string of the molecule is C.CC(=O)C(C)N(C)C. The Hall–Kier alpha value is -0.370. The van der Waals surface area contributed by atoms with E-state index in [0.29, 0.717) is 0 Å². The van der Waals surface area contributed by atoms with Crippen LogP contribution in [0.5, 0.6) is 0 Å². The molecule has 0 aromatic rings. The molecular weight excluding hydrogens is 114 g/mol. The van der Waals surface area contributed by atoms with Gasteiger partial charge in [-0.2, -0.15) is 0 Å². The summed E-state index contributed by atoms with van der Waals surface area (Å²) in [4.78, 5) is 12.4. The Bertz CT molecular complexity index is 88.9. The maximum Gasteiger partial charge on any atom is 0.146 e. The number of hydrogen-bond acceptors (Lipinski definition) is 2. The molecule has 0 radical (unpaired) electrons. The minimum atomic E-state index is 0. The van der Waals surface area contributed by atoms with E-state index in [1.165, 1.54) is 0 Å². The minimum absolute atomic E-state index is 0. The molecule has 0 amide bonds. The Morgan fingerprint density at radius 2 is 1.78 bits per heavy atom. The monoisotopic (exact) mass is 131 g/mol. The molecule has 0 aliphatic rings. The molecular formula is C7H17NO. The first-order chi connectivity index (χ1) is 3.55. The second-order valence-electron chi connectivity index (χ2n) is 2.25. The van der Waals surface area contributed by atoms with E-state index in [1.54, 1.807) is 6.92 Å². The fraction of sp³-hybridized carbons (Fsp3) is 0.857. The Balaban J connectivity index is 0.